The van der Waals surface area contributed by atoms with Crippen LogP contribution in [0.3, 0.4) is 0 Å². The Morgan fingerprint density at radius 2 is 1.95 bits per heavy atom. The van der Waals surface area contributed by atoms with Gasteiger partial charge in [0.2, 0.25) is 0 Å². The van der Waals surface area contributed by atoms with Gasteiger partial charge in [-0.2, -0.15) is 0 Å². The van der Waals surface area contributed by atoms with Gasteiger partial charge in [0.05, 0.1) is 4.90 Å². The molecule has 0 saturated heterocycles. The highest BCUT2D eigenvalue weighted by molar-refractivity contribution is 7.92. The van der Waals surface area contributed by atoms with Crippen molar-refractivity contribution in [2.75, 3.05) is 13.2 Å². The van der Waals surface area contributed by atoms with Gasteiger partial charge in [-0.3, -0.25) is 4.79 Å². The first kappa shape index (κ1) is 14.6. The van der Waals surface area contributed by atoms with Gasteiger partial charge in [0.15, 0.2) is 26.6 Å². The first-order chi connectivity index (χ1) is 9.46. The van der Waals surface area contributed by atoms with Crippen molar-refractivity contribution in [3.8, 4) is 11.5 Å². The van der Waals surface area contributed by atoms with Crippen LogP contribution in [0.4, 0.5) is 0 Å². The van der Waals surface area contributed by atoms with Crippen LogP contribution in [0.5, 0.6) is 11.5 Å². The van der Waals surface area contributed by atoms with E-state index in [1.54, 1.807) is 6.92 Å². The minimum absolute atomic E-state index is 0.0531. The van der Waals surface area contributed by atoms with Crippen LogP contribution in [0, 0.1) is 0 Å². The lowest BCUT2D eigenvalue weighted by Crippen LogP contribution is -2.30. The van der Waals surface area contributed by atoms with Gasteiger partial charge >= 0.3 is 5.97 Å². The predicted molar refractivity (Wildman–Crippen MR) is 70.9 cm³/mol. The van der Waals surface area contributed by atoms with Gasteiger partial charge in [-0.15, -0.1) is 0 Å². The van der Waals surface area contributed by atoms with E-state index < -0.39 is 21.1 Å². The zero-order valence-corrected chi connectivity index (χ0v) is 11.9. The minimum Gasteiger partial charge on any atom is -0.486 e. The lowest BCUT2D eigenvalue weighted by molar-refractivity contribution is -0.136. The average molecular weight is 300 g/mol. The summed E-state index contributed by atoms with van der Waals surface area (Å²) in [7, 11) is -3.93. The standard InChI is InChI=1S/C13H16O6S/c1-2-3-12(13(14)15)20(16,17)9-4-5-10-11(8-9)19-7-6-18-10/h4-5,8,12H,2-3,6-7H2,1H3,(H,14,15). The highest BCUT2D eigenvalue weighted by Crippen LogP contribution is 2.33. The summed E-state index contributed by atoms with van der Waals surface area (Å²) >= 11 is 0. The first-order valence-corrected chi connectivity index (χ1v) is 7.87. The molecule has 1 atom stereocenters. The molecule has 1 heterocycles. The van der Waals surface area contributed by atoms with Crippen LogP contribution < -0.4 is 9.47 Å². The summed E-state index contributed by atoms with van der Waals surface area (Å²) in [6.07, 6.45) is 0.548. The number of sulfone groups is 1. The van der Waals surface area contributed by atoms with Gasteiger partial charge < -0.3 is 14.6 Å². The van der Waals surface area contributed by atoms with Gasteiger partial charge in [-0.1, -0.05) is 13.3 Å². The molecule has 1 aromatic carbocycles. The summed E-state index contributed by atoms with van der Waals surface area (Å²) in [4.78, 5) is 11.1. The molecule has 0 bridgehead atoms. The van der Waals surface area contributed by atoms with E-state index in [1.165, 1.54) is 18.2 Å². The van der Waals surface area contributed by atoms with Crippen LogP contribution in [0.2, 0.25) is 0 Å². The molecule has 6 nitrogen and oxygen atoms in total. The molecule has 0 radical (unpaired) electrons. The molecule has 7 heteroatoms. The maximum atomic E-state index is 12.4. The molecule has 0 fully saturated rings. The molecule has 1 aliphatic heterocycles. The maximum Gasteiger partial charge on any atom is 0.322 e. The maximum absolute atomic E-state index is 12.4. The Hall–Kier alpha value is -1.76. The predicted octanol–water partition coefficient (Wildman–Crippen LogP) is 1.48. The average Bonchev–Trinajstić information content (AvgIpc) is 2.43. The van der Waals surface area contributed by atoms with Crippen LogP contribution in [-0.2, 0) is 14.6 Å². The van der Waals surface area contributed by atoms with Crippen molar-refractivity contribution in [3.05, 3.63) is 18.2 Å². The summed E-state index contributed by atoms with van der Waals surface area (Å²) < 4.78 is 35.4. The topological polar surface area (TPSA) is 89.9 Å². The van der Waals surface area contributed by atoms with E-state index >= 15 is 0 Å². The SMILES string of the molecule is CCCC(C(=O)O)S(=O)(=O)c1ccc2c(c1)OCCO2. The van der Waals surface area contributed by atoms with E-state index in [0.29, 0.717) is 31.1 Å². The fourth-order valence-corrected chi connectivity index (χ4v) is 3.71. The zero-order valence-electron chi connectivity index (χ0n) is 11.0. The highest BCUT2D eigenvalue weighted by Gasteiger charge is 2.34. The molecule has 1 unspecified atom stereocenters. The second kappa shape index (κ2) is 5.70. The Labute approximate surface area is 117 Å². The zero-order chi connectivity index (χ0) is 14.8. The summed E-state index contributed by atoms with van der Waals surface area (Å²) in [5.41, 5.74) is 0. The van der Waals surface area contributed by atoms with Gasteiger partial charge in [0.25, 0.3) is 0 Å². The third-order valence-electron chi connectivity index (χ3n) is 3.04. The summed E-state index contributed by atoms with van der Waals surface area (Å²) in [6.45, 7) is 2.50. The van der Waals surface area contributed by atoms with Crippen molar-refractivity contribution in [1.82, 2.24) is 0 Å². The van der Waals surface area contributed by atoms with Gasteiger partial charge in [-0.25, -0.2) is 8.42 Å². The molecule has 0 amide bonds. The molecule has 2 rings (SSSR count). The van der Waals surface area contributed by atoms with E-state index in [1.807, 2.05) is 0 Å². The molecular formula is C13H16O6S. The van der Waals surface area contributed by atoms with E-state index in [4.69, 9.17) is 14.6 Å². The summed E-state index contributed by atoms with van der Waals surface area (Å²) in [5, 5.41) is 7.67. The Kier molecular flexibility index (Phi) is 4.17. The van der Waals surface area contributed by atoms with Crippen LogP contribution in [-0.4, -0.2) is 38.0 Å². The highest BCUT2D eigenvalue weighted by atomic mass is 32.2. The summed E-state index contributed by atoms with van der Waals surface area (Å²) in [6, 6.07) is 4.18. The second-order valence-electron chi connectivity index (χ2n) is 4.47. The van der Waals surface area contributed by atoms with E-state index in [0.717, 1.165) is 0 Å². The molecule has 0 saturated carbocycles. The molecule has 0 aliphatic carbocycles. The third-order valence-corrected chi connectivity index (χ3v) is 5.14. The minimum atomic E-state index is -3.93. The van der Waals surface area contributed by atoms with Crippen molar-refractivity contribution in [2.45, 2.75) is 29.9 Å². The first-order valence-electron chi connectivity index (χ1n) is 6.33. The largest absolute Gasteiger partial charge is 0.486 e. The Balaban J connectivity index is 2.40. The monoisotopic (exact) mass is 300 g/mol. The number of aliphatic carboxylic acids is 1. The second-order valence-corrected chi connectivity index (χ2v) is 6.60. The number of carboxylic acids is 1. The smallest absolute Gasteiger partial charge is 0.322 e. The number of hydrogen-bond donors (Lipinski definition) is 1. The fourth-order valence-electron chi connectivity index (χ4n) is 2.04. The van der Waals surface area contributed by atoms with Gasteiger partial charge in [-0.05, 0) is 18.6 Å². The Morgan fingerprint density at radius 1 is 1.30 bits per heavy atom. The fraction of sp³-hybridized carbons (Fsp3) is 0.462. The summed E-state index contributed by atoms with van der Waals surface area (Å²) in [5.74, 6) is -0.530. The quantitative estimate of drug-likeness (QED) is 0.886. The molecule has 0 spiro atoms. The van der Waals surface area contributed by atoms with E-state index in [2.05, 4.69) is 0 Å². The van der Waals surface area contributed by atoms with Crippen LogP contribution in [0.25, 0.3) is 0 Å². The molecular weight excluding hydrogens is 284 g/mol. The van der Waals surface area contributed by atoms with Gasteiger partial charge in [0, 0.05) is 6.07 Å². The van der Waals surface area contributed by atoms with Crippen LogP contribution in [0.1, 0.15) is 19.8 Å². The van der Waals surface area contributed by atoms with E-state index in [-0.39, 0.29) is 11.3 Å². The van der Waals surface area contributed by atoms with Gasteiger partial charge in [0.1, 0.15) is 13.2 Å². The third kappa shape index (κ3) is 2.72. The number of hydrogen-bond acceptors (Lipinski definition) is 5. The number of carboxylic acid groups (broad SMARTS) is 1. The molecule has 110 valence electrons. The number of benzene rings is 1. The van der Waals surface area contributed by atoms with E-state index in [9.17, 15) is 13.2 Å². The Bertz CT molecular complexity index is 607. The molecule has 1 aromatic rings. The lowest BCUT2D eigenvalue weighted by atomic mass is 10.2. The van der Waals surface area contributed by atoms with Crippen molar-refractivity contribution >= 4 is 15.8 Å². The normalized spacial score (nSPS) is 15.7. The number of carbonyl (C=O) groups is 1. The van der Waals surface area contributed by atoms with Crippen molar-refractivity contribution in [3.63, 3.8) is 0 Å². The van der Waals surface area contributed by atoms with Crippen LogP contribution in [0.15, 0.2) is 23.1 Å². The van der Waals surface area contributed by atoms with Crippen molar-refractivity contribution < 1.29 is 27.8 Å². The van der Waals surface area contributed by atoms with Crippen LogP contribution >= 0.6 is 0 Å². The lowest BCUT2D eigenvalue weighted by Gasteiger charge is -2.19. The molecule has 1 N–H and O–H groups in total. The molecule has 20 heavy (non-hydrogen) atoms. The number of fused-ring (bicyclic) bond motifs is 1. The van der Waals surface area contributed by atoms with Crippen molar-refractivity contribution in [2.24, 2.45) is 0 Å². The molecule has 0 aromatic heterocycles. The molecule has 1 aliphatic rings. The Morgan fingerprint density at radius 3 is 2.55 bits per heavy atom. The number of ether oxygens (including phenoxy) is 2. The van der Waals surface area contributed by atoms with Crippen molar-refractivity contribution in [1.29, 1.82) is 0 Å². The number of rotatable bonds is 5.